The number of aromatic nitrogens is 1. The average Bonchev–Trinajstić information content (AvgIpc) is 3.18. The van der Waals surface area contributed by atoms with Crippen LogP contribution in [0.2, 0.25) is 0 Å². The van der Waals surface area contributed by atoms with Crippen LogP contribution in [0.3, 0.4) is 0 Å². The molecular formula is C17H15FN2OS. The molecule has 0 unspecified atom stereocenters. The summed E-state index contributed by atoms with van der Waals surface area (Å²) in [6.45, 7) is 0. The number of benzene rings is 1. The van der Waals surface area contributed by atoms with Gasteiger partial charge in [0, 0.05) is 6.04 Å². The van der Waals surface area contributed by atoms with E-state index in [1.165, 1.54) is 36.4 Å². The Balaban J connectivity index is 1.69. The Morgan fingerprint density at radius 3 is 2.82 bits per heavy atom. The molecule has 1 aliphatic rings. The van der Waals surface area contributed by atoms with Gasteiger partial charge in [0.25, 0.3) is 5.91 Å². The maximum atomic E-state index is 13.5. The number of nitrogens with one attached hydrogen (secondary N) is 1. The molecule has 1 aliphatic carbocycles. The molecule has 0 spiro atoms. The number of amides is 1. The van der Waals surface area contributed by atoms with Gasteiger partial charge in [0.1, 0.15) is 10.7 Å². The van der Waals surface area contributed by atoms with Crippen LogP contribution in [0.15, 0.2) is 30.5 Å². The smallest absolute Gasteiger partial charge is 0.263 e. The molecule has 1 fully saturated rings. The van der Waals surface area contributed by atoms with E-state index in [4.69, 9.17) is 0 Å². The maximum Gasteiger partial charge on any atom is 0.263 e. The van der Waals surface area contributed by atoms with Crippen molar-refractivity contribution in [1.29, 1.82) is 0 Å². The molecule has 1 aromatic carbocycles. The molecule has 3 nitrogen and oxygen atoms in total. The lowest BCUT2D eigenvalue weighted by atomic mass is 10.2. The van der Waals surface area contributed by atoms with Crippen LogP contribution in [0, 0.1) is 17.7 Å². The molecular weight excluding hydrogens is 299 g/mol. The fraction of sp³-hybridized carbons (Fsp3) is 0.294. The minimum Gasteiger partial charge on any atom is -0.349 e. The van der Waals surface area contributed by atoms with Crippen LogP contribution in [0.1, 0.15) is 45.9 Å². The van der Waals surface area contributed by atoms with Crippen molar-refractivity contribution in [2.24, 2.45) is 0 Å². The number of hydrogen-bond acceptors (Lipinski definition) is 3. The molecule has 1 heterocycles. The van der Waals surface area contributed by atoms with Crippen LogP contribution >= 0.6 is 11.3 Å². The SMILES string of the molecule is O=C(NC1CCCC1)c1cnc(C#Cc2ccccc2F)s1. The van der Waals surface area contributed by atoms with E-state index in [1.807, 2.05) is 0 Å². The van der Waals surface area contributed by atoms with Crippen LogP contribution in [-0.2, 0) is 0 Å². The molecule has 1 aromatic heterocycles. The normalized spacial score (nSPS) is 14.4. The fourth-order valence-electron chi connectivity index (χ4n) is 2.45. The van der Waals surface area contributed by atoms with Crippen molar-refractivity contribution >= 4 is 17.2 Å². The lowest BCUT2D eigenvalue weighted by Crippen LogP contribution is -2.31. The number of thiazole rings is 1. The van der Waals surface area contributed by atoms with Crippen LogP contribution in [0.5, 0.6) is 0 Å². The van der Waals surface area contributed by atoms with Crippen molar-refractivity contribution in [2.75, 3.05) is 0 Å². The highest BCUT2D eigenvalue weighted by Crippen LogP contribution is 2.19. The van der Waals surface area contributed by atoms with Crippen LogP contribution < -0.4 is 5.32 Å². The summed E-state index contributed by atoms with van der Waals surface area (Å²) in [6.07, 6.45) is 5.97. The van der Waals surface area contributed by atoms with Gasteiger partial charge in [-0.3, -0.25) is 4.79 Å². The average molecular weight is 314 g/mol. The lowest BCUT2D eigenvalue weighted by Gasteiger charge is -2.09. The van der Waals surface area contributed by atoms with Gasteiger partial charge in [-0.15, -0.1) is 11.3 Å². The Morgan fingerprint density at radius 2 is 2.05 bits per heavy atom. The molecule has 0 atom stereocenters. The largest absolute Gasteiger partial charge is 0.349 e. The standard InChI is InChI=1S/C17H15FN2OS/c18-14-8-4-1-5-12(14)9-10-16-19-11-15(22-16)17(21)20-13-6-2-3-7-13/h1,4-5,8,11,13H,2-3,6-7H2,(H,20,21). The first kappa shape index (κ1) is 14.7. The first-order chi connectivity index (χ1) is 10.7. The first-order valence-electron chi connectivity index (χ1n) is 7.25. The molecule has 0 aliphatic heterocycles. The molecule has 2 aromatic rings. The number of carbonyl (C=O) groups is 1. The number of halogens is 1. The zero-order chi connectivity index (χ0) is 15.4. The van der Waals surface area contributed by atoms with E-state index < -0.39 is 0 Å². The molecule has 5 heteroatoms. The fourth-order valence-corrected chi connectivity index (χ4v) is 3.12. The van der Waals surface area contributed by atoms with E-state index in [9.17, 15) is 9.18 Å². The molecule has 0 radical (unpaired) electrons. The zero-order valence-corrected chi connectivity index (χ0v) is 12.8. The van der Waals surface area contributed by atoms with Crippen molar-refractivity contribution in [3.63, 3.8) is 0 Å². The number of rotatable bonds is 2. The highest BCUT2D eigenvalue weighted by molar-refractivity contribution is 7.14. The molecule has 1 N–H and O–H groups in total. The minimum absolute atomic E-state index is 0.0941. The molecule has 0 saturated heterocycles. The summed E-state index contributed by atoms with van der Waals surface area (Å²) < 4.78 is 13.5. The van der Waals surface area contributed by atoms with Crippen LogP contribution in [0.25, 0.3) is 0 Å². The highest BCUT2D eigenvalue weighted by Gasteiger charge is 2.19. The van der Waals surface area contributed by atoms with Gasteiger partial charge >= 0.3 is 0 Å². The Hall–Kier alpha value is -2.19. The van der Waals surface area contributed by atoms with Gasteiger partial charge in [0.05, 0.1) is 11.8 Å². The summed E-state index contributed by atoms with van der Waals surface area (Å²) in [7, 11) is 0. The third kappa shape index (κ3) is 3.52. The second-order valence-electron chi connectivity index (χ2n) is 5.21. The first-order valence-corrected chi connectivity index (χ1v) is 8.07. The van der Waals surface area contributed by atoms with E-state index in [0.717, 1.165) is 12.8 Å². The van der Waals surface area contributed by atoms with Gasteiger partial charge < -0.3 is 5.32 Å². The molecule has 112 valence electrons. The van der Waals surface area contributed by atoms with E-state index >= 15 is 0 Å². The van der Waals surface area contributed by atoms with Crippen molar-refractivity contribution in [3.05, 3.63) is 51.7 Å². The second-order valence-corrected chi connectivity index (χ2v) is 6.25. The van der Waals surface area contributed by atoms with Gasteiger partial charge in [-0.05, 0) is 30.9 Å². The molecule has 0 bridgehead atoms. The van der Waals surface area contributed by atoms with Crippen molar-refractivity contribution in [3.8, 4) is 11.8 Å². The summed E-state index contributed by atoms with van der Waals surface area (Å²) in [5, 5.41) is 3.53. The third-order valence-corrected chi connectivity index (χ3v) is 4.51. The molecule has 1 amide bonds. The van der Waals surface area contributed by atoms with E-state index in [1.54, 1.807) is 18.2 Å². The quantitative estimate of drug-likeness (QED) is 0.864. The summed E-state index contributed by atoms with van der Waals surface area (Å²) in [4.78, 5) is 16.8. The van der Waals surface area contributed by atoms with E-state index in [-0.39, 0.29) is 17.8 Å². The highest BCUT2D eigenvalue weighted by atomic mass is 32.1. The van der Waals surface area contributed by atoms with Gasteiger partial charge in [-0.2, -0.15) is 0 Å². The summed E-state index contributed by atoms with van der Waals surface area (Å²) in [5.41, 5.74) is 0.328. The Morgan fingerprint density at radius 1 is 1.27 bits per heavy atom. The molecule has 22 heavy (non-hydrogen) atoms. The van der Waals surface area contributed by atoms with Gasteiger partial charge in [0.15, 0.2) is 5.01 Å². The maximum absolute atomic E-state index is 13.5. The second kappa shape index (κ2) is 6.71. The monoisotopic (exact) mass is 314 g/mol. The van der Waals surface area contributed by atoms with Gasteiger partial charge in [-0.25, -0.2) is 9.37 Å². The Kier molecular flexibility index (Phi) is 4.50. The summed E-state index contributed by atoms with van der Waals surface area (Å²) in [5.74, 6) is 5.10. The third-order valence-electron chi connectivity index (χ3n) is 3.60. The Labute approximate surface area is 132 Å². The van der Waals surface area contributed by atoms with E-state index in [2.05, 4.69) is 22.1 Å². The van der Waals surface area contributed by atoms with E-state index in [0.29, 0.717) is 15.4 Å². The number of carbonyl (C=O) groups excluding carboxylic acids is 1. The Bertz CT molecular complexity index is 738. The summed E-state index contributed by atoms with van der Waals surface area (Å²) in [6, 6.07) is 6.61. The van der Waals surface area contributed by atoms with Crippen LogP contribution in [-0.4, -0.2) is 16.9 Å². The predicted molar refractivity (Wildman–Crippen MR) is 84.2 cm³/mol. The van der Waals surface area contributed by atoms with Crippen molar-refractivity contribution in [2.45, 2.75) is 31.7 Å². The number of hydrogen-bond donors (Lipinski definition) is 1. The van der Waals surface area contributed by atoms with Gasteiger partial charge in [0.2, 0.25) is 0 Å². The van der Waals surface area contributed by atoms with Crippen molar-refractivity contribution < 1.29 is 9.18 Å². The lowest BCUT2D eigenvalue weighted by molar-refractivity contribution is 0.0942. The predicted octanol–water partition coefficient (Wildman–Crippen LogP) is 3.35. The molecule has 1 saturated carbocycles. The van der Waals surface area contributed by atoms with Crippen LogP contribution in [0.4, 0.5) is 4.39 Å². The minimum atomic E-state index is -0.356. The summed E-state index contributed by atoms with van der Waals surface area (Å²) >= 11 is 1.23. The topological polar surface area (TPSA) is 42.0 Å². The molecule has 3 rings (SSSR count). The van der Waals surface area contributed by atoms with Crippen molar-refractivity contribution in [1.82, 2.24) is 10.3 Å². The van der Waals surface area contributed by atoms with Gasteiger partial charge in [-0.1, -0.05) is 30.9 Å². The number of nitrogens with zero attached hydrogens (tertiary/aromatic N) is 1. The zero-order valence-electron chi connectivity index (χ0n) is 11.9.